The third-order valence-electron chi connectivity index (χ3n) is 3.31. The van der Waals surface area contributed by atoms with Gasteiger partial charge in [-0.3, -0.25) is 0 Å². The lowest BCUT2D eigenvalue weighted by Crippen LogP contribution is -2.13. The van der Waals surface area contributed by atoms with Crippen LogP contribution in [0.4, 0.5) is 0 Å². The first-order valence-corrected chi connectivity index (χ1v) is 6.85. The summed E-state index contributed by atoms with van der Waals surface area (Å²) in [4.78, 5) is 2.18. The summed E-state index contributed by atoms with van der Waals surface area (Å²) in [6, 6.07) is 8.47. The number of benzene rings is 1. The third-order valence-corrected chi connectivity index (χ3v) is 3.31. The Kier molecular flexibility index (Phi) is 5.62. The standard InChI is InChI=1S/C18H25N/c1-7-17(8-2)19(14(3)4)13-16(6)18-12-10-9-11-15(18)5/h7,9-13H,3,8H2,1-2,4-6H3/b16-13+,17-7-. The van der Waals surface area contributed by atoms with Gasteiger partial charge in [0.2, 0.25) is 0 Å². The molecular weight excluding hydrogens is 230 g/mol. The van der Waals surface area contributed by atoms with Gasteiger partial charge >= 0.3 is 0 Å². The maximum absolute atomic E-state index is 4.08. The molecule has 0 aliphatic carbocycles. The molecule has 0 radical (unpaired) electrons. The molecule has 0 fully saturated rings. The van der Waals surface area contributed by atoms with Gasteiger partial charge in [-0.15, -0.1) is 0 Å². The molecule has 0 aliphatic heterocycles. The van der Waals surface area contributed by atoms with Crippen molar-refractivity contribution >= 4 is 5.57 Å². The minimum Gasteiger partial charge on any atom is -0.326 e. The Morgan fingerprint density at radius 2 is 1.89 bits per heavy atom. The lowest BCUT2D eigenvalue weighted by Gasteiger charge is -2.24. The number of hydrogen-bond acceptors (Lipinski definition) is 1. The topological polar surface area (TPSA) is 3.24 Å². The van der Waals surface area contributed by atoms with E-state index < -0.39 is 0 Å². The Labute approximate surface area is 118 Å². The summed E-state index contributed by atoms with van der Waals surface area (Å²) in [5.74, 6) is 0. The highest BCUT2D eigenvalue weighted by molar-refractivity contribution is 5.66. The molecule has 0 saturated carbocycles. The minimum absolute atomic E-state index is 1.00. The summed E-state index contributed by atoms with van der Waals surface area (Å²) in [5, 5.41) is 0. The van der Waals surface area contributed by atoms with Crippen LogP contribution in [0.2, 0.25) is 0 Å². The minimum atomic E-state index is 1.00. The number of nitrogens with zero attached hydrogens (tertiary/aromatic N) is 1. The van der Waals surface area contributed by atoms with Crippen LogP contribution < -0.4 is 0 Å². The molecule has 0 saturated heterocycles. The molecule has 1 aromatic carbocycles. The van der Waals surface area contributed by atoms with Crippen LogP contribution in [0.3, 0.4) is 0 Å². The van der Waals surface area contributed by atoms with E-state index in [2.05, 4.69) is 75.7 Å². The molecular formula is C18H25N. The molecule has 0 atom stereocenters. The van der Waals surface area contributed by atoms with E-state index >= 15 is 0 Å². The van der Waals surface area contributed by atoms with Crippen LogP contribution in [0.25, 0.3) is 5.57 Å². The van der Waals surface area contributed by atoms with Gasteiger partial charge in [-0.05, 0) is 50.8 Å². The van der Waals surface area contributed by atoms with E-state index in [-0.39, 0.29) is 0 Å². The molecule has 0 amide bonds. The lowest BCUT2D eigenvalue weighted by atomic mass is 10.0. The van der Waals surface area contributed by atoms with E-state index in [4.69, 9.17) is 0 Å². The van der Waals surface area contributed by atoms with Gasteiger partial charge in [-0.1, -0.05) is 43.8 Å². The quantitative estimate of drug-likeness (QED) is 0.671. The van der Waals surface area contributed by atoms with E-state index in [0.29, 0.717) is 0 Å². The van der Waals surface area contributed by atoms with Crippen LogP contribution in [0, 0.1) is 6.92 Å². The zero-order valence-corrected chi connectivity index (χ0v) is 12.8. The average molecular weight is 255 g/mol. The fraction of sp³-hybridized carbons (Fsp3) is 0.333. The predicted octanol–water partition coefficient (Wildman–Crippen LogP) is 5.51. The van der Waals surface area contributed by atoms with E-state index in [0.717, 1.165) is 12.1 Å². The largest absolute Gasteiger partial charge is 0.326 e. The highest BCUT2D eigenvalue weighted by Gasteiger charge is 2.07. The fourth-order valence-corrected chi connectivity index (χ4v) is 2.23. The van der Waals surface area contributed by atoms with Crippen molar-refractivity contribution in [3.8, 4) is 0 Å². The SMILES string of the molecule is C=C(C)N(/C=C(\C)c1ccccc1C)/C(=C\C)CC. The van der Waals surface area contributed by atoms with Crippen molar-refractivity contribution < 1.29 is 0 Å². The van der Waals surface area contributed by atoms with Crippen molar-refractivity contribution in [2.45, 2.75) is 41.0 Å². The lowest BCUT2D eigenvalue weighted by molar-refractivity contribution is 0.555. The van der Waals surface area contributed by atoms with Crippen molar-refractivity contribution in [1.82, 2.24) is 4.90 Å². The van der Waals surface area contributed by atoms with Gasteiger partial charge in [0.25, 0.3) is 0 Å². The monoisotopic (exact) mass is 255 g/mol. The molecule has 1 nitrogen and oxygen atoms in total. The molecule has 0 aliphatic rings. The van der Waals surface area contributed by atoms with Crippen LogP contribution in [0.5, 0.6) is 0 Å². The molecule has 1 heteroatoms. The smallest absolute Gasteiger partial charge is 0.0177 e. The first-order chi connectivity index (χ1) is 9.01. The van der Waals surface area contributed by atoms with Gasteiger partial charge in [-0.25, -0.2) is 0 Å². The number of allylic oxidation sites excluding steroid dienone is 4. The predicted molar refractivity (Wildman–Crippen MR) is 85.5 cm³/mol. The molecule has 1 aromatic rings. The molecule has 19 heavy (non-hydrogen) atoms. The van der Waals surface area contributed by atoms with E-state index in [1.54, 1.807) is 0 Å². The maximum Gasteiger partial charge on any atom is 0.0177 e. The number of hydrogen-bond donors (Lipinski definition) is 0. The van der Waals surface area contributed by atoms with Crippen molar-refractivity contribution in [1.29, 1.82) is 0 Å². The Morgan fingerprint density at radius 1 is 1.26 bits per heavy atom. The first kappa shape index (κ1) is 15.3. The second-order valence-electron chi connectivity index (χ2n) is 4.87. The summed E-state index contributed by atoms with van der Waals surface area (Å²) in [6.07, 6.45) is 5.33. The van der Waals surface area contributed by atoms with Gasteiger partial charge in [0.05, 0.1) is 0 Å². The summed E-state index contributed by atoms with van der Waals surface area (Å²) in [7, 11) is 0. The summed E-state index contributed by atoms with van der Waals surface area (Å²) in [5.41, 5.74) is 6.17. The van der Waals surface area contributed by atoms with Crippen LogP contribution in [0.1, 0.15) is 45.2 Å². The van der Waals surface area contributed by atoms with E-state index in [9.17, 15) is 0 Å². The second kappa shape index (κ2) is 6.98. The zero-order chi connectivity index (χ0) is 14.4. The Balaban J connectivity index is 3.17. The molecule has 0 spiro atoms. The van der Waals surface area contributed by atoms with Gasteiger partial charge < -0.3 is 4.90 Å². The van der Waals surface area contributed by atoms with Crippen molar-refractivity contribution in [2.75, 3.05) is 0 Å². The summed E-state index contributed by atoms with van der Waals surface area (Å²) in [6.45, 7) is 14.7. The second-order valence-corrected chi connectivity index (χ2v) is 4.87. The van der Waals surface area contributed by atoms with Gasteiger partial charge in [-0.2, -0.15) is 0 Å². The van der Waals surface area contributed by atoms with Gasteiger partial charge in [0, 0.05) is 17.6 Å². The highest BCUT2D eigenvalue weighted by atomic mass is 15.1. The van der Waals surface area contributed by atoms with Crippen LogP contribution in [-0.4, -0.2) is 4.90 Å². The Hall–Kier alpha value is -1.76. The summed E-state index contributed by atoms with van der Waals surface area (Å²) >= 11 is 0. The normalized spacial score (nSPS) is 12.5. The fourth-order valence-electron chi connectivity index (χ4n) is 2.23. The summed E-state index contributed by atoms with van der Waals surface area (Å²) < 4.78 is 0. The van der Waals surface area contributed by atoms with Crippen molar-refractivity contribution in [3.05, 3.63) is 65.6 Å². The molecule has 0 bridgehead atoms. The van der Waals surface area contributed by atoms with Crippen molar-refractivity contribution in [2.24, 2.45) is 0 Å². The Bertz CT molecular complexity index is 506. The molecule has 0 unspecified atom stereocenters. The van der Waals surface area contributed by atoms with Crippen LogP contribution >= 0.6 is 0 Å². The highest BCUT2D eigenvalue weighted by Crippen LogP contribution is 2.23. The van der Waals surface area contributed by atoms with Crippen LogP contribution in [-0.2, 0) is 0 Å². The van der Waals surface area contributed by atoms with E-state index in [1.807, 2.05) is 6.92 Å². The molecule has 102 valence electrons. The van der Waals surface area contributed by atoms with Gasteiger partial charge in [0.15, 0.2) is 0 Å². The van der Waals surface area contributed by atoms with Crippen LogP contribution in [0.15, 0.2) is 54.5 Å². The zero-order valence-electron chi connectivity index (χ0n) is 12.8. The van der Waals surface area contributed by atoms with Gasteiger partial charge in [0.1, 0.15) is 0 Å². The average Bonchev–Trinajstić information content (AvgIpc) is 2.39. The maximum atomic E-state index is 4.08. The third kappa shape index (κ3) is 3.85. The molecule has 1 rings (SSSR count). The molecule has 0 heterocycles. The molecule has 0 N–H and O–H groups in total. The number of aryl methyl sites for hydroxylation is 1. The molecule has 0 aromatic heterocycles. The van der Waals surface area contributed by atoms with Crippen molar-refractivity contribution in [3.63, 3.8) is 0 Å². The Morgan fingerprint density at radius 3 is 2.37 bits per heavy atom. The number of rotatable bonds is 5. The first-order valence-electron chi connectivity index (χ1n) is 6.85. The van der Waals surface area contributed by atoms with E-state index in [1.165, 1.54) is 22.4 Å².